The Bertz CT molecular complexity index is 395. The van der Waals surface area contributed by atoms with E-state index in [-0.39, 0.29) is 0 Å². The summed E-state index contributed by atoms with van der Waals surface area (Å²) in [5, 5.41) is 8.89. The fraction of sp³-hybridized carbons (Fsp3) is 0.500. The molecule has 0 unspecified atom stereocenters. The number of hydrogen-bond donors (Lipinski definition) is 2. The molecule has 1 amide bonds. The lowest BCUT2D eigenvalue weighted by atomic mass is 9.90. The van der Waals surface area contributed by atoms with E-state index >= 15 is 0 Å². The van der Waals surface area contributed by atoms with E-state index in [0.717, 1.165) is 24.8 Å². The van der Waals surface area contributed by atoms with Crippen LogP contribution in [0, 0.1) is 5.92 Å². The SMILES string of the molecule is NCc1ccc(CC2CCN(C(=O)O)CC2)cc1. The minimum atomic E-state index is -0.791. The van der Waals surface area contributed by atoms with Crippen LogP contribution in [-0.4, -0.2) is 29.2 Å². The number of amides is 1. The van der Waals surface area contributed by atoms with E-state index in [1.165, 1.54) is 10.5 Å². The molecule has 1 aliphatic rings. The van der Waals surface area contributed by atoms with Gasteiger partial charge in [-0.25, -0.2) is 4.79 Å². The molecule has 0 bridgehead atoms. The standard InChI is InChI=1S/C14H20N2O2/c15-10-13-3-1-11(2-4-13)9-12-5-7-16(8-6-12)14(17)18/h1-4,12H,5-10,15H2,(H,17,18). The Labute approximate surface area is 107 Å². The lowest BCUT2D eigenvalue weighted by Crippen LogP contribution is -2.37. The van der Waals surface area contributed by atoms with E-state index in [1.54, 1.807) is 0 Å². The summed E-state index contributed by atoms with van der Waals surface area (Å²) in [6.45, 7) is 1.92. The highest BCUT2D eigenvalue weighted by molar-refractivity contribution is 5.64. The van der Waals surface area contributed by atoms with Crippen LogP contribution in [0.1, 0.15) is 24.0 Å². The van der Waals surface area contributed by atoms with Gasteiger partial charge in [0.2, 0.25) is 0 Å². The first-order chi connectivity index (χ1) is 8.69. The van der Waals surface area contributed by atoms with Crippen LogP contribution in [0.25, 0.3) is 0 Å². The van der Waals surface area contributed by atoms with Crippen LogP contribution in [-0.2, 0) is 13.0 Å². The van der Waals surface area contributed by atoms with Gasteiger partial charge in [-0.2, -0.15) is 0 Å². The van der Waals surface area contributed by atoms with Crippen molar-refractivity contribution in [2.45, 2.75) is 25.8 Å². The Kier molecular flexibility index (Phi) is 4.20. The summed E-state index contributed by atoms with van der Waals surface area (Å²) in [4.78, 5) is 12.3. The van der Waals surface area contributed by atoms with Crippen LogP contribution >= 0.6 is 0 Å². The number of nitrogens with zero attached hydrogens (tertiary/aromatic N) is 1. The number of nitrogens with two attached hydrogens (primary N) is 1. The van der Waals surface area contributed by atoms with E-state index in [1.807, 2.05) is 0 Å². The van der Waals surface area contributed by atoms with Gasteiger partial charge in [-0.15, -0.1) is 0 Å². The molecule has 1 aromatic carbocycles. The molecular weight excluding hydrogens is 228 g/mol. The monoisotopic (exact) mass is 248 g/mol. The van der Waals surface area contributed by atoms with E-state index in [9.17, 15) is 4.79 Å². The van der Waals surface area contributed by atoms with E-state index in [2.05, 4.69) is 24.3 Å². The Balaban J connectivity index is 1.85. The van der Waals surface area contributed by atoms with Crippen molar-refractivity contribution >= 4 is 6.09 Å². The van der Waals surface area contributed by atoms with Crippen molar-refractivity contribution in [2.24, 2.45) is 11.7 Å². The summed E-state index contributed by atoms with van der Waals surface area (Å²) in [6, 6.07) is 8.40. The second-order valence-corrected chi connectivity index (χ2v) is 4.94. The zero-order chi connectivity index (χ0) is 13.0. The Morgan fingerprint density at radius 1 is 1.22 bits per heavy atom. The highest BCUT2D eigenvalue weighted by Crippen LogP contribution is 2.21. The fourth-order valence-electron chi connectivity index (χ4n) is 2.47. The van der Waals surface area contributed by atoms with Gasteiger partial charge in [0.15, 0.2) is 0 Å². The number of carboxylic acid groups (broad SMARTS) is 1. The molecule has 0 aromatic heterocycles. The van der Waals surface area contributed by atoms with Crippen molar-refractivity contribution in [1.82, 2.24) is 4.90 Å². The average Bonchev–Trinajstić information content (AvgIpc) is 2.40. The summed E-state index contributed by atoms with van der Waals surface area (Å²) < 4.78 is 0. The van der Waals surface area contributed by atoms with Gasteiger partial charge in [-0.1, -0.05) is 24.3 Å². The normalized spacial score (nSPS) is 16.8. The summed E-state index contributed by atoms with van der Waals surface area (Å²) in [5.74, 6) is 0.601. The van der Waals surface area contributed by atoms with E-state index < -0.39 is 6.09 Å². The lowest BCUT2D eigenvalue weighted by Gasteiger charge is -2.30. The van der Waals surface area contributed by atoms with Gasteiger partial charge < -0.3 is 15.7 Å². The van der Waals surface area contributed by atoms with Crippen LogP contribution in [0.2, 0.25) is 0 Å². The first kappa shape index (κ1) is 12.9. The van der Waals surface area contributed by atoms with Gasteiger partial charge in [0.1, 0.15) is 0 Å². The maximum Gasteiger partial charge on any atom is 0.407 e. The third-order valence-electron chi connectivity index (χ3n) is 3.67. The summed E-state index contributed by atoms with van der Waals surface area (Å²) in [6.07, 6.45) is 2.18. The van der Waals surface area contributed by atoms with E-state index in [4.69, 9.17) is 10.8 Å². The maximum atomic E-state index is 10.8. The molecular formula is C14H20N2O2. The maximum absolute atomic E-state index is 10.8. The number of carbonyl (C=O) groups is 1. The summed E-state index contributed by atoms with van der Waals surface area (Å²) in [5.41, 5.74) is 8.04. The molecule has 1 heterocycles. The molecule has 2 rings (SSSR count). The Hall–Kier alpha value is -1.55. The molecule has 3 N–H and O–H groups in total. The third-order valence-corrected chi connectivity index (χ3v) is 3.67. The molecule has 4 heteroatoms. The van der Waals surface area contributed by atoms with Gasteiger partial charge in [-0.3, -0.25) is 0 Å². The zero-order valence-corrected chi connectivity index (χ0v) is 10.5. The van der Waals surface area contributed by atoms with Gasteiger partial charge in [0, 0.05) is 19.6 Å². The summed E-state index contributed by atoms with van der Waals surface area (Å²) >= 11 is 0. The van der Waals surface area contributed by atoms with E-state index in [0.29, 0.717) is 25.6 Å². The predicted molar refractivity (Wildman–Crippen MR) is 70.4 cm³/mol. The molecule has 4 nitrogen and oxygen atoms in total. The summed E-state index contributed by atoms with van der Waals surface area (Å²) in [7, 11) is 0. The molecule has 0 saturated carbocycles. The third kappa shape index (κ3) is 3.23. The van der Waals surface area contributed by atoms with Gasteiger partial charge >= 0.3 is 6.09 Å². The molecule has 1 fully saturated rings. The zero-order valence-electron chi connectivity index (χ0n) is 10.5. The number of likely N-dealkylation sites (tertiary alicyclic amines) is 1. The Morgan fingerprint density at radius 3 is 2.28 bits per heavy atom. The quantitative estimate of drug-likeness (QED) is 0.860. The van der Waals surface area contributed by atoms with Crippen molar-refractivity contribution < 1.29 is 9.90 Å². The van der Waals surface area contributed by atoms with Crippen LogP contribution in [0.4, 0.5) is 4.79 Å². The van der Waals surface area contributed by atoms with Gasteiger partial charge in [0.05, 0.1) is 0 Å². The number of piperidine rings is 1. The highest BCUT2D eigenvalue weighted by Gasteiger charge is 2.22. The van der Waals surface area contributed by atoms with Crippen molar-refractivity contribution in [3.63, 3.8) is 0 Å². The molecule has 1 aliphatic heterocycles. The van der Waals surface area contributed by atoms with Crippen LogP contribution in [0.15, 0.2) is 24.3 Å². The van der Waals surface area contributed by atoms with Crippen LogP contribution in [0.3, 0.4) is 0 Å². The molecule has 1 aromatic rings. The Morgan fingerprint density at radius 2 is 1.78 bits per heavy atom. The van der Waals surface area contributed by atoms with Gasteiger partial charge in [-0.05, 0) is 36.3 Å². The second-order valence-electron chi connectivity index (χ2n) is 4.94. The largest absolute Gasteiger partial charge is 0.465 e. The molecule has 98 valence electrons. The smallest absolute Gasteiger partial charge is 0.407 e. The molecule has 18 heavy (non-hydrogen) atoms. The number of benzene rings is 1. The van der Waals surface area contributed by atoms with Crippen LogP contribution < -0.4 is 5.73 Å². The van der Waals surface area contributed by atoms with Crippen molar-refractivity contribution in [1.29, 1.82) is 0 Å². The highest BCUT2D eigenvalue weighted by atomic mass is 16.4. The van der Waals surface area contributed by atoms with Crippen LogP contribution in [0.5, 0.6) is 0 Å². The first-order valence-corrected chi connectivity index (χ1v) is 6.45. The first-order valence-electron chi connectivity index (χ1n) is 6.45. The van der Waals surface area contributed by atoms with Gasteiger partial charge in [0.25, 0.3) is 0 Å². The van der Waals surface area contributed by atoms with Crippen molar-refractivity contribution in [3.8, 4) is 0 Å². The predicted octanol–water partition coefficient (Wildman–Crippen LogP) is 2.08. The molecule has 0 atom stereocenters. The van der Waals surface area contributed by atoms with Crippen molar-refractivity contribution in [3.05, 3.63) is 35.4 Å². The molecule has 0 aliphatic carbocycles. The minimum Gasteiger partial charge on any atom is -0.465 e. The molecule has 1 saturated heterocycles. The second kappa shape index (κ2) is 5.87. The number of hydrogen-bond acceptors (Lipinski definition) is 2. The molecule has 0 radical (unpaired) electrons. The number of rotatable bonds is 3. The fourth-order valence-corrected chi connectivity index (χ4v) is 2.47. The average molecular weight is 248 g/mol. The molecule has 0 spiro atoms. The minimum absolute atomic E-state index is 0.581. The lowest BCUT2D eigenvalue weighted by molar-refractivity contribution is 0.124. The van der Waals surface area contributed by atoms with Crippen molar-refractivity contribution in [2.75, 3.05) is 13.1 Å². The topological polar surface area (TPSA) is 66.6 Å².